The summed E-state index contributed by atoms with van der Waals surface area (Å²) in [6, 6.07) is 0. The molecule has 1 saturated heterocycles. The lowest BCUT2D eigenvalue weighted by Gasteiger charge is -2.20. The summed E-state index contributed by atoms with van der Waals surface area (Å²) >= 11 is 0. The van der Waals surface area contributed by atoms with E-state index in [9.17, 15) is 4.79 Å². The van der Waals surface area contributed by atoms with Gasteiger partial charge in [0.15, 0.2) is 5.79 Å². The molecule has 16 heavy (non-hydrogen) atoms. The smallest absolute Gasteiger partial charge is 0.303 e. The van der Waals surface area contributed by atoms with Crippen LogP contribution >= 0.6 is 0 Å². The third kappa shape index (κ3) is 1.90. The Labute approximate surface area is 94.9 Å². The highest BCUT2D eigenvalue weighted by Gasteiger charge is 2.50. The van der Waals surface area contributed by atoms with Crippen molar-refractivity contribution in [2.45, 2.75) is 44.9 Å². The van der Waals surface area contributed by atoms with Crippen molar-refractivity contribution in [1.29, 1.82) is 0 Å². The summed E-state index contributed by atoms with van der Waals surface area (Å²) in [6.45, 7) is 8.79. The summed E-state index contributed by atoms with van der Waals surface area (Å²) in [7, 11) is 0. The molecule has 2 aliphatic rings. The molecule has 0 aromatic heterocycles. The van der Waals surface area contributed by atoms with Crippen molar-refractivity contribution in [3.63, 3.8) is 0 Å². The lowest BCUT2D eigenvalue weighted by atomic mass is 10.1. The number of rotatable bonds is 2. The molecule has 0 aromatic carbocycles. The minimum absolute atomic E-state index is 0.183. The monoisotopic (exact) mass is 224 g/mol. The number of fused-ring (bicyclic) bond motifs is 1. The number of esters is 1. The fraction of sp³-hybridized carbons (Fsp3) is 0.583. The van der Waals surface area contributed by atoms with Crippen LogP contribution in [-0.2, 0) is 19.0 Å². The molecule has 0 aromatic rings. The van der Waals surface area contributed by atoms with Crippen LogP contribution < -0.4 is 0 Å². The van der Waals surface area contributed by atoms with E-state index in [1.54, 1.807) is 6.08 Å². The van der Waals surface area contributed by atoms with E-state index in [1.807, 2.05) is 19.9 Å². The quantitative estimate of drug-likeness (QED) is 0.668. The summed E-state index contributed by atoms with van der Waals surface area (Å²) in [4.78, 5) is 11.0. The Bertz CT molecular complexity index is 356. The number of hydrogen-bond donors (Lipinski definition) is 0. The fourth-order valence-electron chi connectivity index (χ4n) is 2.14. The van der Waals surface area contributed by atoms with Crippen molar-refractivity contribution >= 4 is 5.97 Å². The molecule has 88 valence electrons. The van der Waals surface area contributed by atoms with Gasteiger partial charge in [0.1, 0.15) is 18.3 Å². The molecule has 1 aliphatic carbocycles. The maximum atomic E-state index is 11.0. The van der Waals surface area contributed by atoms with E-state index in [-0.39, 0.29) is 24.3 Å². The second-order valence-electron chi connectivity index (χ2n) is 4.47. The summed E-state index contributed by atoms with van der Waals surface area (Å²) in [6.07, 6.45) is 2.73. The van der Waals surface area contributed by atoms with Gasteiger partial charge in [0, 0.05) is 6.92 Å². The van der Waals surface area contributed by atoms with Gasteiger partial charge in [-0.15, -0.1) is 0 Å². The standard InChI is InChI=1S/C12H16O4/c1-5-8-6-9(14-7(2)13)11-10(8)15-12(3,4)16-11/h5-6,9-11H,1H2,2-4H3. The van der Waals surface area contributed by atoms with Gasteiger partial charge in [0.25, 0.3) is 0 Å². The summed E-state index contributed by atoms with van der Waals surface area (Å²) in [5, 5.41) is 0. The molecule has 1 aliphatic heterocycles. The van der Waals surface area contributed by atoms with Gasteiger partial charge in [-0.1, -0.05) is 12.7 Å². The first-order valence-corrected chi connectivity index (χ1v) is 5.30. The van der Waals surface area contributed by atoms with Crippen LogP contribution in [0.15, 0.2) is 24.3 Å². The third-order valence-electron chi connectivity index (χ3n) is 2.68. The average Bonchev–Trinajstić information content (AvgIpc) is 2.60. The molecule has 2 rings (SSSR count). The summed E-state index contributed by atoms with van der Waals surface area (Å²) < 4.78 is 16.6. The molecule has 4 heteroatoms. The van der Waals surface area contributed by atoms with Crippen molar-refractivity contribution in [2.24, 2.45) is 0 Å². The molecular formula is C12H16O4. The van der Waals surface area contributed by atoms with Gasteiger partial charge >= 0.3 is 5.97 Å². The van der Waals surface area contributed by atoms with E-state index < -0.39 is 5.79 Å². The largest absolute Gasteiger partial charge is 0.455 e. The predicted octanol–water partition coefficient (Wildman–Crippen LogP) is 1.56. The molecule has 1 heterocycles. The van der Waals surface area contributed by atoms with Crippen LogP contribution in [0.25, 0.3) is 0 Å². The van der Waals surface area contributed by atoms with Crippen LogP contribution in [0.5, 0.6) is 0 Å². The van der Waals surface area contributed by atoms with Crippen LogP contribution in [0.3, 0.4) is 0 Å². The highest BCUT2D eigenvalue weighted by Crippen LogP contribution is 2.39. The topological polar surface area (TPSA) is 44.8 Å². The summed E-state index contributed by atoms with van der Waals surface area (Å²) in [5.74, 6) is -0.963. The van der Waals surface area contributed by atoms with Crippen molar-refractivity contribution < 1.29 is 19.0 Å². The molecule has 0 N–H and O–H groups in total. The van der Waals surface area contributed by atoms with Gasteiger partial charge < -0.3 is 14.2 Å². The van der Waals surface area contributed by atoms with Gasteiger partial charge in [-0.2, -0.15) is 0 Å². The highest BCUT2D eigenvalue weighted by atomic mass is 16.8. The fourth-order valence-corrected chi connectivity index (χ4v) is 2.14. The Morgan fingerprint density at radius 1 is 1.56 bits per heavy atom. The minimum atomic E-state index is -0.643. The molecule has 0 amide bonds. The average molecular weight is 224 g/mol. The molecule has 0 saturated carbocycles. The van der Waals surface area contributed by atoms with Crippen molar-refractivity contribution in [3.05, 3.63) is 24.3 Å². The Hall–Kier alpha value is -1.13. The van der Waals surface area contributed by atoms with E-state index in [4.69, 9.17) is 14.2 Å². The first-order chi connectivity index (χ1) is 7.43. The maximum Gasteiger partial charge on any atom is 0.303 e. The third-order valence-corrected chi connectivity index (χ3v) is 2.68. The second kappa shape index (κ2) is 3.71. The van der Waals surface area contributed by atoms with Crippen molar-refractivity contribution in [2.75, 3.05) is 0 Å². The predicted molar refractivity (Wildman–Crippen MR) is 57.7 cm³/mol. The first-order valence-electron chi connectivity index (χ1n) is 5.30. The van der Waals surface area contributed by atoms with Crippen LogP contribution in [0.2, 0.25) is 0 Å². The van der Waals surface area contributed by atoms with E-state index in [0.717, 1.165) is 5.57 Å². The van der Waals surface area contributed by atoms with Gasteiger partial charge in [-0.3, -0.25) is 4.79 Å². The van der Waals surface area contributed by atoms with Crippen LogP contribution in [-0.4, -0.2) is 30.1 Å². The molecular weight excluding hydrogens is 208 g/mol. The van der Waals surface area contributed by atoms with Crippen LogP contribution in [0.4, 0.5) is 0 Å². The van der Waals surface area contributed by atoms with Crippen molar-refractivity contribution in [3.8, 4) is 0 Å². The van der Waals surface area contributed by atoms with Crippen molar-refractivity contribution in [1.82, 2.24) is 0 Å². The normalized spacial score (nSPS) is 35.4. The molecule has 3 atom stereocenters. The zero-order chi connectivity index (χ0) is 11.9. The lowest BCUT2D eigenvalue weighted by molar-refractivity contribution is -0.165. The molecule has 0 radical (unpaired) electrons. The Kier molecular flexibility index (Phi) is 2.64. The number of carbonyl (C=O) groups excluding carboxylic acids is 1. The van der Waals surface area contributed by atoms with E-state index in [1.165, 1.54) is 6.92 Å². The van der Waals surface area contributed by atoms with E-state index in [0.29, 0.717) is 0 Å². The highest BCUT2D eigenvalue weighted by molar-refractivity contribution is 5.66. The van der Waals surface area contributed by atoms with Gasteiger partial charge in [0.05, 0.1) is 0 Å². The Morgan fingerprint density at radius 2 is 2.25 bits per heavy atom. The van der Waals surface area contributed by atoms with Crippen LogP contribution in [0, 0.1) is 0 Å². The Morgan fingerprint density at radius 3 is 2.81 bits per heavy atom. The number of hydrogen-bond acceptors (Lipinski definition) is 4. The number of ether oxygens (including phenoxy) is 3. The van der Waals surface area contributed by atoms with Gasteiger partial charge in [-0.25, -0.2) is 0 Å². The molecule has 0 bridgehead atoms. The zero-order valence-electron chi connectivity index (χ0n) is 9.73. The van der Waals surface area contributed by atoms with E-state index in [2.05, 4.69) is 6.58 Å². The second-order valence-corrected chi connectivity index (χ2v) is 4.47. The SMILES string of the molecule is C=CC1=CC(OC(C)=O)C2OC(C)(C)OC12. The minimum Gasteiger partial charge on any atom is -0.455 e. The molecule has 0 spiro atoms. The van der Waals surface area contributed by atoms with Gasteiger partial charge in [-0.05, 0) is 25.5 Å². The van der Waals surface area contributed by atoms with E-state index >= 15 is 0 Å². The summed E-state index contributed by atoms with van der Waals surface area (Å²) in [5.41, 5.74) is 0.918. The lowest BCUT2D eigenvalue weighted by Crippen LogP contribution is -2.32. The molecule has 3 unspecified atom stereocenters. The number of carbonyl (C=O) groups is 1. The van der Waals surface area contributed by atoms with Gasteiger partial charge in [0.2, 0.25) is 0 Å². The van der Waals surface area contributed by atoms with Crippen LogP contribution in [0.1, 0.15) is 20.8 Å². The first kappa shape index (κ1) is 11.4. The molecule has 1 fully saturated rings. The zero-order valence-corrected chi connectivity index (χ0v) is 9.73. The Balaban J connectivity index is 2.20. The molecule has 4 nitrogen and oxygen atoms in total. The maximum absolute atomic E-state index is 11.0.